The number of benzene rings is 3. The van der Waals surface area contributed by atoms with Crippen LogP contribution in [-0.4, -0.2) is 30.4 Å². The van der Waals surface area contributed by atoms with Gasteiger partial charge in [-0.1, -0.05) is 24.3 Å². The number of carboxylic acids is 1. The molecular weight excluding hydrogens is 380 g/mol. The second-order valence-electron chi connectivity index (χ2n) is 6.84. The van der Waals surface area contributed by atoms with Gasteiger partial charge in [-0.05, 0) is 82.3 Å². The zero-order chi connectivity index (χ0) is 21.7. The van der Waals surface area contributed by atoms with Crippen molar-refractivity contribution >= 4 is 12.0 Å². The second kappa shape index (κ2) is 9.29. The second-order valence-corrected chi connectivity index (χ2v) is 6.84. The largest absolute Gasteiger partial charge is 0.497 e. The molecule has 0 atom stereocenters. The van der Waals surface area contributed by atoms with Crippen molar-refractivity contribution in [3.63, 3.8) is 0 Å². The first-order valence-corrected chi connectivity index (χ1v) is 9.45. The first-order valence-electron chi connectivity index (χ1n) is 9.45. The Kier molecular flexibility index (Phi) is 6.54. The minimum Gasteiger partial charge on any atom is -0.497 e. The van der Waals surface area contributed by atoms with Crippen molar-refractivity contribution in [1.82, 2.24) is 0 Å². The summed E-state index contributed by atoms with van der Waals surface area (Å²) in [6.45, 7) is 1.86. The van der Waals surface area contributed by atoms with Gasteiger partial charge in [0.2, 0.25) is 0 Å². The van der Waals surface area contributed by atoms with Crippen molar-refractivity contribution in [1.29, 1.82) is 0 Å². The van der Waals surface area contributed by atoms with Crippen molar-refractivity contribution in [3.8, 4) is 33.8 Å². The van der Waals surface area contributed by atoms with Crippen LogP contribution >= 0.6 is 0 Å². The highest BCUT2D eigenvalue weighted by Crippen LogP contribution is 2.34. The number of rotatable bonds is 7. The molecule has 0 amide bonds. The topological polar surface area (TPSA) is 76.0 Å². The molecule has 3 rings (SSSR count). The Morgan fingerprint density at radius 3 is 2.27 bits per heavy atom. The summed E-state index contributed by atoms with van der Waals surface area (Å²) >= 11 is 0. The lowest BCUT2D eigenvalue weighted by Gasteiger charge is -2.14. The minimum absolute atomic E-state index is 0.120. The van der Waals surface area contributed by atoms with Crippen molar-refractivity contribution < 1.29 is 24.5 Å². The molecule has 0 saturated carbocycles. The minimum atomic E-state index is -1.02. The third-order valence-corrected chi connectivity index (χ3v) is 4.96. The monoisotopic (exact) mass is 404 g/mol. The van der Waals surface area contributed by atoms with E-state index in [1.165, 1.54) is 0 Å². The lowest BCUT2D eigenvalue weighted by Crippen LogP contribution is -1.94. The van der Waals surface area contributed by atoms with E-state index in [1.807, 2.05) is 55.5 Å². The number of ether oxygens (including phenoxy) is 2. The van der Waals surface area contributed by atoms with Gasteiger partial charge in [0.15, 0.2) is 0 Å². The number of aliphatic carboxylic acids is 1. The zero-order valence-corrected chi connectivity index (χ0v) is 17.2. The van der Waals surface area contributed by atoms with Crippen LogP contribution in [0.2, 0.25) is 0 Å². The number of hydrogen-bond acceptors (Lipinski definition) is 4. The predicted molar refractivity (Wildman–Crippen MR) is 118 cm³/mol. The fraction of sp³-hybridized carbons (Fsp3) is 0.160. The molecule has 0 aliphatic rings. The Hall–Kier alpha value is -3.57. The molecule has 0 spiro atoms. The van der Waals surface area contributed by atoms with Gasteiger partial charge in [-0.25, -0.2) is 4.79 Å². The highest BCUT2D eigenvalue weighted by molar-refractivity contribution is 5.88. The van der Waals surface area contributed by atoms with Gasteiger partial charge in [-0.2, -0.15) is 0 Å². The quantitative estimate of drug-likeness (QED) is 0.546. The lowest BCUT2D eigenvalue weighted by molar-refractivity contribution is -0.131. The van der Waals surface area contributed by atoms with E-state index in [1.54, 1.807) is 26.4 Å². The molecule has 0 aliphatic heterocycles. The number of methoxy groups -OCH3 is 2. The normalized spacial score (nSPS) is 10.9. The molecule has 3 aromatic carbocycles. The predicted octanol–water partition coefficient (Wildman–Crippen LogP) is 4.94. The first-order chi connectivity index (χ1) is 14.5. The SMILES string of the molecule is COc1ccc(-c2ccc(-c3ccc(OC)c(C)c3)c(CO)c2)c(/C=C/C(=O)O)c1. The van der Waals surface area contributed by atoms with Gasteiger partial charge in [-0.15, -0.1) is 0 Å². The van der Waals surface area contributed by atoms with Crippen LogP contribution in [0.25, 0.3) is 28.3 Å². The number of hydrogen-bond donors (Lipinski definition) is 2. The molecule has 0 fully saturated rings. The maximum atomic E-state index is 11.0. The van der Waals surface area contributed by atoms with E-state index < -0.39 is 5.97 Å². The van der Waals surface area contributed by atoms with Gasteiger partial charge in [0.1, 0.15) is 11.5 Å². The summed E-state index contributed by atoms with van der Waals surface area (Å²) in [5.41, 5.74) is 6.16. The van der Waals surface area contributed by atoms with E-state index >= 15 is 0 Å². The van der Waals surface area contributed by atoms with E-state index in [0.717, 1.165) is 45.2 Å². The number of aryl methyl sites for hydroxylation is 1. The van der Waals surface area contributed by atoms with E-state index in [2.05, 4.69) is 0 Å². The lowest BCUT2D eigenvalue weighted by atomic mass is 9.92. The summed E-state index contributed by atoms with van der Waals surface area (Å²) in [5.74, 6) is 0.426. The Balaban J connectivity index is 2.09. The first kappa shape index (κ1) is 21.1. The van der Waals surface area contributed by atoms with Gasteiger partial charge >= 0.3 is 5.97 Å². The van der Waals surface area contributed by atoms with Crippen LogP contribution in [0.15, 0.2) is 60.7 Å². The van der Waals surface area contributed by atoms with Crippen LogP contribution in [0.4, 0.5) is 0 Å². The molecule has 0 radical (unpaired) electrons. The third kappa shape index (κ3) is 4.53. The molecule has 30 heavy (non-hydrogen) atoms. The van der Waals surface area contributed by atoms with Crippen LogP contribution in [0.5, 0.6) is 11.5 Å². The van der Waals surface area contributed by atoms with Crippen molar-refractivity contribution in [2.45, 2.75) is 13.5 Å². The van der Waals surface area contributed by atoms with Crippen LogP contribution in [-0.2, 0) is 11.4 Å². The highest BCUT2D eigenvalue weighted by Gasteiger charge is 2.11. The number of carboxylic acid groups (broad SMARTS) is 1. The molecule has 3 aromatic rings. The molecule has 0 aliphatic carbocycles. The van der Waals surface area contributed by atoms with E-state index in [4.69, 9.17) is 14.6 Å². The number of aliphatic hydroxyl groups is 1. The Morgan fingerprint density at radius 1 is 0.933 bits per heavy atom. The maximum absolute atomic E-state index is 11.0. The van der Waals surface area contributed by atoms with Crippen LogP contribution in [0, 0.1) is 6.92 Å². The molecule has 5 heteroatoms. The van der Waals surface area contributed by atoms with Crippen molar-refractivity contribution in [2.24, 2.45) is 0 Å². The maximum Gasteiger partial charge on any atom is 0.328 e. The van der Waals surface area contributed by atoms with Crippen LogP contribution < -0.4 is 9.47 Å². The molecule has 0 saturated heterocycles. The average Bonchev–Trinajstić information content (AvgIpc) is 2.76. The fourth-order valence-electron chi connectivity index (χ4n) is 3.45. The van der Waals surface area contributed by atoms with E-state index in [9.17, 15) is 9.90 Å². The van der Waals surface area contributed by atoms with Crippen LogP contribution in [0.3, 0.4) is 0 Å². The standard InChI is InChI=1S/C25H24O5/c1-16-12-17(5-10-24(16)30-3)23-8-4-18(13-20(23)15-26)22-9-7-21(29-2)14-19(22)6-11-25(27)28/h4-14,26H,15H2,1-3H3,(H,27,28)/b11-6+. The Morgan fingerprint density at radius 2 is 1.63 bits per heavy atom. The Bertz CT molecular complexity index is 1100. The van der Waals surface area contributed by atoms with E-state index in [-0.39, 0.29) is 6.61 Å². The summed E-state index contributed by atoms with van der Waals surface area (Å²) < 4.78 is 10.6. The number of carbonyl (C=O) groups is 1. The third-order valence-electron chi connectivity index (χ3n) is 4.96. The van der Waals surface area contributed by atoms with Crippen molar-refractivity contribution in [3.05, 3.63) is 77.4 Å². The van der Waals surface area contributed by atoms with Gasteiger partial charge in [0.05, 0.1) is 20.8 Å². The molecule has 0 unspecified atom stereocenters. The highest BCUT2D eigenvalue weighted by atomic mass is 16.5. The molecule has 0 aromatic heterocycles. The average molecular weight is 404 g/mol. The molecule has 154 valence electrons. The fourth-order valence-corrected chi connectivity index (χ4v) is 3.45. The smallest absolute Gasteiger partial charge is 0.328 e. The van der Waals surface area contributed by atoms with Gasteiger partial charge in [-0.3, -0.25) is 0 Å². The van der Waals surface area contributed by atoms with Gasteiger partial charge < -0.3 is 19.7 Å². The Labute approximate surface area is 175 Å². The molecular formula is C25H24O5. The van der Waals surface area contributed by atoms with Crippen molar-refractivity contribution in [2.75, 3.05) is 14.2 Å². The van der Waals surface area contributed by atoms with Crippen LogP contribution in [0.1, 0.15) is 16.7 Å². The molecule has 0 bridgehead atoms. The summed E-state index contributed by atoms with van der Waals surface area (Å²) in [6, 6.07) is 17.3. The molecule has 5 nitrogen and oxygen atoms in total. The summed E-state index contributed by atoms with van der Waals surface area (Å²) in [5, 5.41) is 19.0. The molecule has 0 heterocycles. The summed E-state index contributed by atoms with van der Waals surface area (Å²) in [4.78, 5) is 11.0. The van der Waals surface area contributed by atoms with E-state index in [0.29, 0.717) is 11.3 Å². The summed E-state index contributed by atoms with van der Waals surface area (Å²) in [6.07, 6.45) is 2.64. The van der Waals surface area contributed by atoms with Gasteiger partial charge in [0, 0.05) is 6.08 Å². The zero-order valence-electron chi connectivity index (χ0n) is 17.2. The number of aliphatic hydroxyl groups excluding tert-OH is 1. The molecule has 2 N–H and O–H groups in total. The summed E-state index contributed by atoms with van der Waals surface area (Å²) in [7, 11) is 3.20. The van der Waals surface area contributed by atoms with Gasteiger partial charge in [0.25, 0.3) is 0 Å².